The smallest absolute Gasteiger partial charge is 0.218 e. The fourth-order valence-corrected chi connectivity index (χ4v) is 1.62. The van der Waals surface area contributed by atoms with Crippen molar-refractivity contribution in [1.82, 2.24) is 9.97 Å². The fourth-order valence-electron chi connectivity index (χ4n) is 1.62. The van der Waals surface area contributed by atoms with Crippen LogP contribution in [0.5, 0.6) is 5.88 Å². The predicted molar refractivity (Wildman–Crippen MR) is 71.0 cm³/mol. The van der Waals surface area contributed by atoms with Crippen LogP contribution in [0.15, 0.2) is 36.7 Å². The van der Waals surface area contributed by atoms with E-state index in [1.54, 1.807) is 25.1 Å². The van der Waals surface area contributed by atoms with E-state index in [9.17, 15) is 4.39 Å². The molecule has 96 valence electrons. The molecule has 0 spiro atoms. The molecule has 0 aliphatic heterocycles. The van der Waals surface area contributed by atoms with E-state index in [0.29, 0.717) is 17.1 Å². The predicted octanol–water partition coefficient (Wildman–Crippen LogP) is 3.07. The molecule has 1 aromatic carbocycles. The Morgan fingerprint density at radius 2 is 2.11 bits per heavy atom. The Morgan fingerprint density at radius 3 is 2.84 bits per heavy atom. The summed E-state index contributed by atoms with van der Waals surface area (Å²) in [5, 5.41) is 0. The van der Waals surface area contributed by atoms with Gasteiger partial charge in [0.2, 0.25) is 5.88 Å². The van der Waals surface area contributed by atoms with Gasteiger partial charge in [0.05, 0.1) is 5.69 Å². The lowest BCUT2D eigenvalue weighted by Crippen LogP contribution is -2.09. The van der Waals surface area contributed by atoms with Gasteiger partial charge in [-0.25, -0.2) is 14.4 Å². The average Bonchev–Trinajstić information content (AvgIpc) is 2.39. The Hall–Kier alpha value is -2.41. The van der Waals surface area contributed by atoms with E-state index in [1.165, 1.54) is 18.5 Å². The van der Waals surface area contributed by atoms with Gasteiger partial charge < -0.3 is 4.74 Å². The highest BCUT2D eigenvalue weighted by Gasteiger charge is 2.06. The summed E-state index contributed by atoms with van der Waals surface area (Å²) in [5.41, 5.74) is 1.29. The molecular formula is C15H13FN2O. The first-order valence-corrected chi connectivity index (χ1v) is 5.86. The van der Waals surface area contributed by atoms with Gasteiger partial charge in [0.25, 0.3) is 0 Å². The van der Waals surface area contributed by atoms with Crippen LogP contribution in [0.3, 0.4) is 0 Å². The van der Waals surface area contributed by atoms with E-state index in [2.05, 4.69) is 21.8 Å². The second-order valence-corrected chi connectivity index (χ2v) is 3.91. The Morgan fingerprint density at radius 1 is 1.26 bits per heavy atom. The van der Waals surface area contributed by atoms with Crippen molar-refractivity contribution in [3.05, 3.63) is 42.5 Å². The molecule has 0 saturated heterocycles. The second-order valence-electron chi connectivity index (χ2n) is 3.91. The number of benzene rings is 1. The van der Waals surface area contributed by atoms with Gasteiger partial charge in [0.1, 0.15) is 12.1 Å². The molecule has 3 nitrogen and oxygen atoms in total. The Kier molecular flexibility index (Phi) is 4.09. The average molecular weight is 256 g/mol. The summed E-state index contributed by atoms with van der Waals surface area (Å²) in [5.74, 6) is 5.76. The quantitative estimate of drug-likeness (QED) is 0.792. The van der Waals surface area contributed by atoms with Crippen LogP contribution in [-0.2, 0) is 0 Å². The third-order valence-corrected chi connectivity index (χ3v) is 2.41. The maximum Gasteiger partial charge on any atom is 0.218 e. The van der Waals surface area contributed by atoms with Crippen LogP contribution in [0.2, 0.25) is 0 Å². The van der Waals surface area contributed by atoms with Crippen molar-refractivity contribution < 1.29 is 9.13 Å². The zero-order valence-corrected chi connectivity index (χ0v) is 10.7. The van der Waals surface area contributed by atoms with Crippen LogP contribution in [0.4, 0.5) is 4.39 Å². The number of ether oxygens (including phenoxy) is 1. The van der Waals surface area contributed by atoms with Crippen molar-refractivity contribution in [2.45, 2.75) is 20.0 Å². The molecular weight excluding hydrogens is 243 g/mol. The minimum Gasteiger partial charge on any atom is -0.461 e. The van der Waals surface area contributed by atoms with Gasteiger partial charge in [-0.3, -0.25) is 0 Å². The first-order valence-electron chi connectivity index (χ1n) is 5.86. The molecule has 1 heterocycles. The van der Waals surface area contributed by atoms with Crippen molar-refractivity contribution in [3.63, 3.8) is 0 Å². The van der Waals surface area contributed by atoms with E-state index in [1.807, 2.05) is 6.92 Å². The van der Waals surface area contributed by atoms with Gasteiger partial charge >= 0.3 is 0 Å². The number of hydrogen-bond donors (Lipinski definition) is 0. The maximum absolute atomic E-state index is 13.2. The molecule has 2 aromatic rings. The van der Waals surface area contributed by atoms with Crippen LogP contribution in [-0.4, -0.2) is 16.1 Å². The summed E-state index contributed by atoms with van der Waals surface area (Å²) in [6.45, 7) is 3.58. The highest BCUT2D eigenvalue weighted by molar-refractivity contribution is 5.59. The van der Waals surface area contributed by atoms with Crippen LogP contribution in [0, 0.1) is 17.7 Å². The van der Waals surface area contributed by atoms with Gasteiger partial charge in [0.15, 0.2) is 6.10 Å². The number of hydrogen-bond acceptors (Lipinski definition) is 3. The standard InChI is InChI=1S/C15H13FN2O/c1-3-5-11(2)19-15-9-14(17-10-18-15)12-6-4-7-13(16)8-12/h4,6-11H,1-2H3. The molecule has 1 aromatic heterocycles. The lowest BCUT2D eigenvalue weighted by atomic mass is 10.1. The van der Waals surface area contributed by atoms with Crippen molar-refractivity contribution in [3.8, 4) is 29.0 Å². The van der Waals surface area contributed by atoms with Crippen molar-refractivity contribution in [2.24, 2.45) is 0 Å². The van der Waals surface area contributed by atoms with Crippen LogP contribution >= 0.6 is 0 Å². The van der Waals surface area contributed by atoms with Crippen molar-refractivity contribution >= 4 is 0 Å². The summed E-state index contributed by atoms with van der Waals surface area (Å²) in [4.78, 5) is 8.12. The second kappa shape index (κ2) is 5.96. The molecule has 2 rings (SSSR count). The zero-order chi connectivity index (χ0) is 13.7. The molecule has 19 heavy (non-hydrogen) atoms. The molecule has 0 amide bonds. The first-order chi connectivity index (χ1) is 9.19. The Balaban J connectivity index is 2.26. The van der Waals surface area contributed by atoms with E-state index in [0.717, 1.165) is 0 Å². The molecule has 0 N–H and O–H groups in total. The minimum atomic E-state index is -0.302. The maximum atomic E-state index is 13.2. The van der Waals surface area contributed by atoms with Gasteiger partial charge in [-0.15, -0.1) is 5.92 Å². The number of nitrogens with zero attached hydrogens (tertiary/aromatic N) is 2. The fraction of sp³-hybridized carbons (Fsp3) is 0.200. The normalized spacial score (nSPS) is 11.3. The third-order valence-electron chi connectivity index (χ3n) is 2.41. The molecule has 0 aliphatic carbocycles. The van der Waals surface area contributed by atoms with Crippen LogP contribution < -0.4 is 4.74 Å². The molecule has 0 bridgehead atoms. The molecule has 0 aliphatic rings. The highest BCUT2D eigenvalue weighted by Crippen LogP contribution is 2.20. The molecule has 0 fully saturated rings. The summed E-state index contributed by atoms with van der Waals surface area (Å²) in [6.07, 6.45) is 1.14. The molecule has 0 saturated carbocycles. The summed E-state index contributed by atoms with van der Waals surface area (Å²) >= 11 is 0. The van der Waals surface area contributed by atoms with Gasteiger partial charge in [-0.1, -0.05) is 18.1 Å². The summed E-state index contributed by atoms with van der Waals surface area (Å²) in [7, 11) is 0. The zero-order valence-electron chi connectivity index (χ0n) is 10.7. The molecule has 1 unspecified atom stereocenters. The SMILES string of the molecule is CC#CC(C)Oc1cc(-c2cccc(F)c2)ncn1. The monoisotopic (exact) mass is 256 g/mol. The highest BCUT2D eigenvalue weighted by atomic mass is 19.1. The van der Waals surface area contributed by atoms with Crippen molar-refractivity contribution in [1.29, 1.82) is 0 Å². The topological polar surface area (TPSA) is 35.0 Å². The minimum absolute atomic E-state index is 0.250. The third kappa shape index (κ3) is 3.52. The lowest BCUT2D eigenvalue weighted by Gasteiger charge is -2.08. The van der Waals surface area contributed by atoms with E-state index in [-0.39, 0.29) is 11.9 Å². The number of halogens is 1. The van der Waals surface area contributed by atoms with Crippen molar-refractivity contribution in [2.75, 3.05) is 0 Å². The Labute approximate surface area is 111 Å². The van der Waals surface area contributed by atoms with Gasteiger partial charge in [0, 0.05) is 11.6 Å². The van der Waals surface area contributed by atoms with Gasteiger partial charge in [-0.2, -0.15) is 0 Å². The number of rotatable bonds is 3. The first kappa shape index (κ1) is 13.0. The molecule has 0 radical (unpaired) electrons. The summed E-state index contributed by atoms with van der Waals surface area (Å²) in [6, 6.07) is 7.90. The lowest BCUT2D eigenvalue weighted by molar-refractivity contribution is 0.267. The van der Waals surface area contributed by atoms with Gasteiger partial charge in [-0.05, 0) is 26.0 Å². The van der Waals surface area contributed by atoms with E-state index in [4.69, 9.17) is 4.74 Å². The number of aromatic nitrogens is 2. The molecule has 4 heteroatoms. The van der Waals surface area contributed by atoms with Crippen LogP contribution in [0.25, 0.3) is 11.3 Å². The van der Waals surface area contributed by atoms with E-state index >= 15 is 0 Å². The van der Waals surface area contributed by atoms with Crippen LogP contribution in [0.1, 0.15) is 13.8 Å². The summed E-state index contributed by atoms with van der Waals surface area (Å²) < 4.78 is 18.7. The largest absolute Gasteiger partial charge is 0.461 e. The Bertz CT molecular complexity index is 631. The van der Waals surface area contributed by atoms with E-state index < -0.39 is 0 Å². The molecule has 1 atom stereocenters.